The molecule has 1 fully saturated rings. The van der Waals surface area contributed by atoms with Crippen molar-refractivity contribution in [1.29, 1.82) is 0 Å². The second-order valence-corrected chi connectivity index (χ2v) is 6.02. The lowest BCUT2D eigenvalue weighted by atomic mass is 9.99. The minimum Gasteiger partial charge on any atom is -0.355 e. The molecule has 0 bridgehead atoms. The normalized spacial score (nSPS) is 15.0. The van der Waals surface area contributed by atoms with Gasteiger partial charge in [0.1, 0.15) is 17.5 Å². The summed E-state index contributed by atoms with van der Waals surface area (Å²) in [4.78, 5) is 15.9. The van der Waals surface area contributed by atoms with Gasteiger partial charge in [-0.25, -0.2) is 15.0 Å². The Morgan fingerprint density at radius 2 is 1.96 bits per heavy atom. The Kier molecular flexibility index (Phi) is 3.15. The van der Waals surface area contributed by atoms with Crippen LogP contribution in [0.3, 0.4) is 0 Å². The summed E-state index contributed by atoms with van der Waals surface area (Å²) in [7, 11) is 2.10. The van der Waals surface area contributed by atoms with Gasteiger partial charge in [-0.3, -0.25) is 0 Å². The SMILES string of the molecule is C=Cc1cc(N2CC(c3nc4ccccc4n3C)C2)nc(C)n1. The van der Waals surface area contributed by atoms with Crippen LogP contribution in [-0.2, 0) is 7.05 Å². The number of rotatable bonds is 3. The Labute approximate surface area is 135 Å². The van der Waals surface area contributed by atoms with Crippen LogP contribution in [0, 0.1) is 6.92 Å². The molecule has 0 saturated carbocycles. The Balaban J connectivity index is 1.58. The fourth-order valence-electron chi connectivity index (χ4n) is 3.20. The molecule has 5 heteroatoms. The molecular weight excluding hydrogens is 286 g/mol. The first-order chi connectivity index (χ1) is 11.2. The number of fused-ring (bicyclic) bond motifs is 1. The molecule has 1 aliphatic rings. The highest BCUT2D eigenvalue weighted by molar-refractivity contribution is 5.76. The van der Waals surface area contributed by atoms with Crippen LogP contribution in [0.25, 0.3) is 17.1 Å². The highest BCUT2D eigenvalue weighted by Crippen LogP contribution is 2.31. The van der Waals surface area contributed by atoms with Gasteiger partial charge in [0.25, 0.3) is 0 Å². The Bertz CT molecular complexity index is 890. The lowest BCUT2D eigenvalue weighted by molar-refractivity contribution is 0.485. The van der Waals surface area contributed by atoms with Crippen molar-refractivity contribution in [3.05, 3.63) is 54.3 Å². The number of imidazole rings is 1. The summed E-state index contributed by atoms with van der Waals surface area (Å²) in [6.45, 7) is 7.58. The first kappa shape index (κ1) is 13.9. The lowest BCUT2D eigenvalue weighted by Gasteiger charge is -2.39. The number of hydrogen-bond donors (Lipinski definition) is 0. The van der Waals surface area contributed by atoms with Crippen LogP contribution >= 0.6 is 0 Å². The van der Waals surface area contributed by atoms with Gasteiger partial charge in [-0.05, 0) is 25.1 Å². The molecule has 0 radical (unpaired) electrons. The fraction of sp³-hybridized carbons (Fsp3) is 0.278. The molecule has 1 aromatic carbocycles. The standard InChI is InChI=1S/C18H19N5/c1-4-14-9-17(20-12(2)19-14)23-10-13(11-23)18-21-15-7-5-6-8-16(15)22(18)3/h4-9,13H,1,10-11H2,2-3H3. The second-order valence-electron chi connectivity index (χ2n) is 6.02. The first-order valence-corrected chi connectivity index (χ1v) is 7.80. The number of para-hydroxylation sites is 2. The molecule has 0 unspecified atom stereocenters. The summed E-state index contributed by atoms with van der Waals surface area (Å²) in [5.41, 5.74) is 3.13. The van der Waals surface area contributed by atoms with Crippen LogP contribution in [0.4, 0.5) is 5.82 Å². The number of aromatic nitrogens is 4. The van der Waals surface area contributed by atoms with E-state index in [1.54, 1.807) is 6.08 Å². The van der Waals surface area contributed by atoms with Gasteiger partial charge in [0, 0.05) is 26.2 Å². The van der Waals surface area contributed by atoms with E-state index in [4.69, 9.17) is 4.98 Å². The van der Waals surface area contributed by atoms with E-state index >= 15 is 0 Å². The van der Waals surface area contributed by atoms with Gasteiger partial charge in [0.2, 0.25) is 0 Å². The summed E-state index contributed by atoms with van der Waals surface area (Å²) < 4.78 is 2.21. The van der Waals surface area contributed by atoms with E-state index in [1.807, 2.05) is 19.1 Å². The monoisotopic (exact) mass is 305 g/mol. The molecule has 0 N–H and O–H groups in total. The minimum atomic E-state index is 0.440. The summed E-state index contributed by atoms with van der Waals surface area (Å²) in [6, 6.07) is 10.3. The first-order valence-electron chi connectivity index (χ1n) is 7.80. The van der Waals surface area contributed by atoms with Crippen molar-refractivity contribution in [2.45, 2.75) is 12.8 Å². The van der Waals surface area contributed by atoms with E-state index in [0.29, 0.717) is 5.92 Å². The van der Waals surface area contributed by atoms with Crippen molar-refractivity contribution in [3.8, 4) is 0 Å². The van der Waals surface area contributed by atoms with E-state index < -0.39 is 0 Å². The highest BCUT2D eigenvalue weighted by Gasteiger charge is 2.32. The quantitative estimate of drug-likeness (QED) is 0.746. The van der Waals surface area contributed by atoms with Crippen LogP contribution < -0.4 is 4.90 Å². The van der Waals surface area contributed by atoms with Gasteiger partial charge in [-0.1, -0.05) is 18.7 Å². The van der Waals surface area contributed by atoms with Crippen molar-refractivity contribution in [3.63, 3.8) is 0 Å². The van der Waals surface area contributed by atoms with Crippen molar-refractivity contribution >= 4 is 22.9 Å². The summed E-state index contributed by atoms with van der Waals surface area (Å²) >= 11 is 0. The predicted octanol–water partition coefficient (Wildman–Crippen LogP) is 2.92. The van der Waals surface area contributed by atoms with Crippen LogP contribution in [0.15, 0.2) is 36.9 Å². The smallest absolute Gasteiger partial charge is 0.132 e. The third-order valence-corrected chi connectivity index (χ3v) is 4.45. The molecular formula is C18H19N5. The van der Waals surface area contributed by atoms with Gasteiger partial charge in [0.15, 0.2) is 0 Å². The Morgan fingerprint density at radius 1 is 1.17 bits per heavy atom. The Morgan fingerprint density at radius 3 is 2.70 bits per heavy atom. The number of nitrogens with zero attached hydrogens (tertiary/aromatic N) is 5. The molecule has 1 aliphatic heterocycles. The average Bonchev–Trinajstić information content (AvgIpc) is 2.83. The van der Waals surface area contributed by atoms with E-state index in [9.17, 15) is 0 Å². The summed E-state index contributed by atoms with van der Waals surface area (Å²) in [5.74, 6) is 3.35. The summed E-state index contributed by atoms with van der Waals surface area (Å²) in [6.07, 6.45) is 1.76. The third-order valence-electron chi connectivity index (χ3n) is 4.45. The van der Waals surface area contributed by atoms with Crippen molar-refractivity contribution < 1.29 is 0 Å². The Hall–Kier alpha value is -2.69. The summed E-state index contributed by atoms with van der Waals surface area (Å²) in [5, 5.41) is 0. The molecule has 5 nitrogen and oxygen atoms in total. The second kappa shape index (κ2) is 5.19. The van der Waals surface area contributed by atoms with Gasteiger partial charge in [-0.2, -0.15) is 0 Å². The van der Waals surface area contributed by atoms with Crippen LogP contribution in [0.5, 0.6) is 0 Å². The van der Waals surface area contributed by atoms with Gasteiger partial charge in [-0.15, -0.1) is 0 Å². The average molecular weight is 305 g/mol. The third kappa shape index (κ3) is 2.29. The van der Waals surface area contributed by atoms with Crippen molar-refractivity contribution in [1.82, 2.24) is 19.5 Å². The number of anilines is 1. The van der Waals surface area contributed by atoms with Crippen molar-refractivity contribution in [2.75, 3.05) is 18.0 Å². The number of aryl methyl sites for hydroxylation is 2. The van der Waals surface area contributed by atoms with E-state index in [2.05, 4.69) is 51.3 Å². The molecule has 3 aromatic rings. The number of benzene rings is 1. The topological polar surface area (TPSA) is 46.8 Å². The predicted molar refractivity (Wildman–Crippen MR) is 92.5 cm³/mol. The van der Waals surface area contributed by atoms with Crippen LogP contribution in [0.2, 0.25) is 0 Å². The maximum absolute atomic E-state index is 4.80. The van der Waals surface area contributed by atoms with Gasteiger partial charge >= 0.3 is 0 Å². The van der Waals surface area contributed by atoms with Crippen LogP contribution in [-0.4, -0.2) is 32.6 Å². The van der Waals surface area contributed by atoms with E-state index in [-0.39, 0.29) is 0 Å². The molecule has 0 aliphatic carbocycles. The molecule has 23 heavy (non-hydrogen) atoms. The minimum absolute atomic E-state index is 0.440. The zero-order chi connectivity index (χ0) is 16.0. The van der Waals surface area contributed by atoms with E-state index in [1.165, 1.54) is 5.52 Å². The lowest BCUT2D eigenvalue weighted by Crippen LogP contribution is -2.46. The zero-order valence-electron chi connectivity index (χ0n) is 13.4. The molecule has 116 valence electrons. The largest absolute Gasteiger partial charge is 0.355 e. The zero-order valence-corrected chi connectivity index (χ0v) is 13.4. The molecule has 0 spiro atoms. The van der Waals surface area contributed by atoms with Gasteiger partial charge in [0.05, 0.1) is 22.6 Å². The molecule has 0 amide bonds. The molecule has 4 rings (SSSR count). The molecule has 0 atom stereocenters. The number of hydrogen-bond acceptors (Lipinski definition) is 4. The molecule has 2 aromatic heterocycles. The fourth-order valence-corrected chi connectivity index (χ4v) is 3.20. The van der Waals surface area contributed by atoms with Crippen molar-refractivity contribution in [2.24, 2.45) is 7.05 Å². The van der Waals surface area contributed by atoms with Crippen LogP contribution in [0.1, 0.15) is 23.3 Å². The maximum Gasteiger partial charge on any atom is 0.132 e. The highest BCUT2D eigenvalue weighted by atomic mass is 15.3. The maximum atomic E-state index is 4.80. The molecule has 3 heterocycles. The van der Waals surface area contributed by atoms with Gasteiger partial charge < -0.3 is 9.47 Å². The van der Waals surface area contributed by atoms with E-state index in [0.717, 1.165) is 41.8 Å². The molecule has 1 saturated heterocycles.